The number of benzene rings is 2. The van der Waals surface area contributed by atoms with E-state index in [2.05, 4.69) is 15.2 Å². The number of carbonyl (C=O) groups is 1. The van der Waals surface area contributed by atoms with Crippen LogP contribution in [0.5, 0.6) is 0 Å². The molecule has 8 nitrogen and oxygen atoms in total. The van der Waals surface area contributed by atoms with E-state index < -0.39 is 0 Å². The molecule has 2 aromatic carbocycles. The topological polar surface area (TPSA) is 86.3 Å². The third kappa shape index (κ3) is 3.46. The maximum atomic E-state index is 12.7. The van der Waals surface area contributed by atoms with E-state index in [1.54, 1.807) is 4.68 Å². The van der Waals surface area contributed by atoms with Gasteiger partial charge < -0.3 is 14.2 Å². The average molecular weight is 403 g/mol. The second-order valence-electron chi connectivity index (χ2n) is 7.31. The Labute approximate surface area is 173 Å². The largest absolute Gasteiger partial charge is 0.378 e. The monoisotopic (exact) mass is 403 g/mol. The second kappa shape index (κ2) is 7.72. The van der Waals surface area contributed by atoms with Gasteiger partial charge in [0.2, 0.25) is 11.7 Å². The number of aryl methyl sites for hydroxylation is 1. The third-order valence-electron chi connectivity index (χ3n) is 5.21. The van der Waals surface area contributed by atoms with Crippen LogP contribution in [0.25, 0.3) is 33.9 Å². The van der Waals surface area contributed by atoms with Crippen LogP contribution in [0.4, 0.5) is 0 Å². The lowest BCUT2D eigenvalue weighted by Gasteiger charge is -2.26. The standard InChI is InChI=1S/C22H21N5O3/c1-15-5-4-6-16(13-15)21-23-22(30-25-21)20-17-7-2-3-8-18(17)27(24-20)14-19(28)26-9-11-29-12-10-26/h2-8,13H,9-12,14H2,1H3. The van der Waals surface area contributed by atoms with Crippen LogP contribution in [0.1, 0.15) is 5.56 Å². The summed E-state index contributed by atoms with van der Waals surface area (Å²) in [4.78, 5) is 19.1. The van der Waals surface area contributed by atoms with Crippen LogP contribution < -0.4 is 0 Å². The zero-order valence-corrected chi connectivity index (χ0v) is 16.6. The molecule has 0 unspecified atom stereocenters. The molecule has 1 amide bonds. The lowest BCUT2D eigenvalue weighted by atomic mass is 10.1. The summed E-state index contributed by atoms with van der Waals surface area (Å²) in [5, 5.41) is 9.66. The normalized spacial score (nSPS) is 14.4. The molecule has 3 heterocycles. The Balaban J connectivity index is 1.49. The van der Waals surface area contributed by atoms with Gasteiger partial charge in [-0.2, -0.15) is 10.1 Å². The van der Waals surface area contributed by atoms with Gasteiger partial charge in [-0.05, 0) is 19.1 Å². The molecule has 1 aliphatic heterocycles. The molecule has 0 saturated carbocycles. The highest BCUT2D eigenvalue weighted by Crippen LogP contribution is 2.28. The molecule has 152 valence electrons. The van der Waals surface area contributed by atoms with Crippen LogP contribution in [0, 0.1) is 6.92 Å². The number of fused-ring (bicyclic) bond motifs is 1. The fraction of sp³-hybridized carbons (Fsp3) is 0.273. The number of ether oxygens (including phenoxy) is 1. The van der Waals surface area contributed by atoms with E-state index in [0.717, 1.165) is 22.0 Å². The lowest BCUT2D eigenvalue weighted by molar-refractivity contribution is -0.136. The quantitative estimate of drug-likeness (QED) is 0.521. The number of carbonyl (C=O) groups excluding carboxylic acids is 1. The van der Waals surface area contributed by atoms with Crippen molar-refractivity contribution < 1.29 is 14.1 Å². The van der Waals surface area contributed by atoms with E-state index in [4.69, 9.17) is 9.26 Å². The first-order valence-corrected chi connectivity index (χ1v) is 9.91. The van der Waals surface area contributed by atoms with Crippen LogP contribution in [-0.4, -0.2) is 57.0 Å². The molecule has 1 saturated heterocycles. The van der Waals surface area contributed by atoms with E-state index in [0.29, 0.717) is 43.7 Å². The van der Waals surface area contributed by atoms with Gasteiger partial charge in [0.05, 0.1) is 18.7 Å². The minimum atomic E-state index is 0.0177. The molecular weight excluding hydrogens is 382 g/mol. The summed E-state index contributed by atoms with van der Waals surface area (Å²) < 4.78 is 12.6. The smallest absolute Gasteiger partial charge is 0.279 e. The molecule has 5 rings (SSSR count). The van der Waals surface area contributed by atoms with Crippen LogP contribution >= 0.6 is 0 Å². The average Bonchev–Trinajstić information content (AvgIpc) is 3.40. The van der Waals surface area contributed by atoms with Crippen LogP contribution in [0.15, 0.2) is 53.1 Å². The van der Waals surface area contributed by atoms with E-state index >= 15 is 0 Å². The van der Waals surface area contributed by atoms with E-state index in [1.807, 2.05) is 60.4 Å². The Hall–Kier alpha value is -3.52. The van der Waals surface area contributed by atoms with Gasteiger partial charge in [0.1, 0.15) is 6.54 Å². The van der Waals surface area contributed by atoms with Gasteiger partial charge in [0.15, 0.2) is 5.69 Å². The number of para-hydroxylation sites is 1. The van der Waals surface area contributed by atoms with Crippen molar-refractivity contribution in [3.8, 4) is 23.0 Å². The first-order valence-electron chi connectivity index (χ1n) is 9.91. The number of amides is 1. The Morgan fingerprint density at radius 1 is 1.10 bits per heavy atom. The van der Waals surface area contributed by atoms with Gasteiger partial charge in [0.25, 0.3) is 5.89 Å². The van der Waals surface area contributed by atoms with Crippen molar-refractivity contribution in [2.24, 2.45) is 0 Å². The number of hydrogen-bond donors (Lipinski definition) is 0. The molecule has 0 radical (unpaired) electrons. The summed E-state index contributed by atoms with van der Waals surface area (Å²) in [6.45, 7) is 4.52. The predicted molar refractivity (Wildman–Crippen MR) is 111 cm³/mol. The molecule has 0 bridgehead atoms. The first-order chi connectivity index (χ1) is 14.7. The molecule has 30 heavy (non-hydrogen) atoms. The van der Waals surface area contributed by atoms with Crippen LogP contribution in [0.3, 0.4) is 0 Å². The Bertz CT molecular complexity index is 1210. The number of hydrogen-bond acceptors (Lipinski definition) is 6. The number of nitrogens with zero attached hydrogens (tertiary/aromatic N) is 5. The van der Waals surface area contributed by atoms with Gasteiger partial charge in [-0.15, -0.1) is 0 Å². The van der Waals surface area contributed by atoms with Gasteiger partial charge >= 0.3 is 0 Å². The summed E-state index contributed by atoms with van der Waals surface area (Å²) >= 11 is 0. The van der Waals surface area contributed by atoms with Crippen molar-refractivity contribution in [1.82, 2.24) is 24.8 Å². The van der Waals surface area contributed by atoms with E-state index in [9.17, 15) is 4.79 Å². The van der Waals surface area contributed by atoms with Crippen molar-refractivity contribution in [2.45, 2.75) is 13.5 Å². The first kappa shape index (κ1) is 18.5. The van der Waals surface area contributed by atoms with Crippen LogP contribution in [0.2, 0.25) is 0 Å². The number of rotatable bonds is 4. The highest BCUT2D eigenvalue weighted by Gasteiger charge is 2.22. The third-order valence-corrected chi connectivity index (χ3v) is 5.21. The summed E-state index contributed by atoms with van der Waals surface area (Å²) in [5.41, 5.74) is 3.43. The molecule has 1 aliphatic rings. The molecule has 0 N–H and O–H groups in total. The fourth-order valence-corrected chi connectivity index (χ4v) is 3.67. The highest BCUT2D eigenvalue weighted by molar-refractivity contribution is 5.92. The van der Waals surface area contributed by atoms with E-state index in [1.165, 1.54) is 0 Å². The molecule has 0 spiro atoms. The highest BCUT2D eigenvalue weighted by atomic mass is 16.5. The zero-order chi connectivity index (χ0) is 20.5. The van der Waals surface area contributed by atoms with Crippen molar-refractivity contribution in [3.63, 3.8) is 0 Å². The minimum Gasteiger partial charge on any atom is -0.378 e. The summed E-state index contributed by atoms with van der Waals surface area (Å²) in [6, 6.07) is 15.7. The van der Waals surface area contributed by atoms with Crippen LogP contribution in [-0.2, 0) is 16.1 Å². The Morgan fingerprint density at radius 3 is 2.77 bits per heavy atom. The fourth-order valence-electron chi connectivity index (χ4n) is 3.67. The molecule has 8 heteroatoms. The molecule has 1 fully saturated rings. The molecule has 0 aliphatic carbocycles. The zero-order valence-electron chi connectivity index (χ0n) is 16.6. The van der Waals surface area contributed by atoms with Crippen molar-refractivity contribution >= 4 is 16.8 Å². The van der Waals surface area contributed by atoms with Gasteiger partial charge in [-0.3, -0.25) is 9.48 Å². The molecule has 2 aromatic heterocycles. The lowest BCUT2D eigenvalue weighted by Crippen LogP contribution is -2.42. The second-order valence-corrected chi connectivity index (χ2v) is 7.31. The maximum absolute atomic E-state index is 12.7. The predicted octanol–water partition coefficient (Wildman–Crippen LogP) is 2.92. The van der Waals surface area contributed by atoms with Crippen molar-refractivity contribution in [3.05, 3.63) is 54.1 Å². The molecular formula is C22H21N5O3. The summed E-state index contributed by atoms with van der Waals surface area (Å²) in [7, 11) is 0. The number of morpholine rings is 1. The van der Waals surface area contributed by atoms with Crippen molar-refractivity contribution in [2.75, 3.05) is 26.3 Å². The SMILES string of the molecule is Cc1cccc(-c2noc(-c3nn(CC(=O)N4CCOCC4)c4ccccc34)n2)c1. The molecule has 0 atom stereocenters. The van der Waals surface area contributed by atoms with Gasteiger partial charge in [0, 0.05) is 24.0 Å². The summed E-state index contributed by atoms with van der Waals surface area (Å²) in [5.74, 6) is 0.862. The van der Waals surface area contributed by atoms with E-state index in [-0.39, 0.29) is 12.5 Å². The van der Waals surface area contributed by atoms with Crippen molar-refractivity contribution in [1.29, 1.82) is 0 Å². The van der Waals surface area contributed by atoms with Gasteiger partial charge in [-0.25, -0.2) is 0 Å². The van der Waals surface area contributed by atoms with Gasteiger partial charge in [-0.1, -0.05) is 47.1 Å². The minimum absolute atomic E-state index is 0.0177. The molecule has 4 aromatic rings. The Morgan fingerprint density at radius 2 is 1.93 bits per heavy atom. The Kier molecular flexibility index (Phi) is 4.76. The summed E-state index contributed by atoms with van der Waals surface area (Å²) in [6.07, 6.45) is 0. The maximum Gasteiger partial charge on any atom is 0.279 e. The number of aromatic nitrogens is 4.